The van der Waals surface area contributed by atoms with Gasteiger partial charge in [-0.15, -0.1) is 0 Å². The lowest BCUT2D eigenvalue weighted by atomic mass is 10.0. The molecule has 1 rings (SSSR count). The van der Waals surface area contributed by atoms with Gasteiger partial charge in [0.2, 0.25) is 0 Å². The molecule has 0 saturated heterocycles. The first-order valence-electron chi connectivity index (χ1n) is 10.9. The van der Waals surface area contributed by atoms with E-state index in [0.29, 0.717) is 0 Å². The van der Waals surface area contributed by atoms with Gasteiger partial charge in [-0.3, -0.25) is 4.99 Å². The van der Waals surface area contributed by atoms with Crippen LogP contribution in [0.1, 0.15) is 97.3 Å². The van der Waals surface area contributed by atoms with Gasteiger partial charge in [-0.05, 0) is 19.8 Å². The van der Waals surface area contributed by atoms with E-state index >= 15 is 0 Å². The van der Waals surface area contributed by atoms with Crippen LogP contribution in [0.4, 0.5) is 0 Å². The summed E-state index contributed by atoms with van der Waals surface area (Å²) in [4.78, 5) is 6.38. The fraction of sp³-hybridized carbons (Fsp3) is 0.864. The van der Waals surface area contributed by atoms with Crippen LogP contribution in [0.5, 0.6) is 0 Å². The number of allylic oxidation sites excluding steroid dienone is 1. The number of hydrogen-bond donors (Lipinski definition) is 1. The van der Waals surface area contributed by atoms with Gasteiger partial charge in [-0.2, -0.15) is 0 Å². The van der Waals surface area contributed by atoms with E-state index in [9.17, 15) is 5.11 Å². The zero-order chi connectivity index (χ0) is 18.2. The zero-order valence-corrected chi connectivity index (χ0v) is 16.8. The number of aliphatic hydroxyl groups is 1. The molecule has 0 aromatic rings. The van der Waals surface area contributed by atoms with Crippen molar-refractivity contribution in [2.45, 2.75) is 109 Å². The van der Waals surface area contributed by atoms with Crippen molar-refractivity contribution in [2.75, 3.05) is 13.1 Å². The van der Waals surface area contributed by atoms with Gasteiger partial charge < -0.3 is 10.0 Å². The third-order valence-corrected chi connectivity index (χ3v) is 5.15. The minimum Gasteiger partial charge on any atom is -0.391 e. The monoisotopic (exact) mass is 350 g/mol. The quantitative estimate of drug-likeness (QED) is 0.285. The molecule has 1 aliphatic rings. The van der Waals surface area contributed by atoms with Crippen LogP contribution in [0.3, 0.4) is 0 Å². The second kappa shape index (κ2) is 15.4. The number of aliphatic imine (C=N–C) groups is 1. The van der Waals surface area contributed by atoms with E-state index in [1.54, 1.807) is 0 Å². The normalized spacial score (nSPS) is 16.8. The topological polar surface area (TPSA) is 35.8 Å². The molecule has 0 aromatic carbocycles. The van der Waals surface area contributed by atoms with Gasteiger partial charge in [0, 0.05) is 6.54 Å². The Balaban J connectivity index is 1.91. The average molecular weight is 351 g/mol. The van der Waals surface area contributed by atoms with Crippen LogP contribution in [-0.4, -0.2) is 41.6 Å². The van der Waals surface area contributed by atoms with Crippen LogP contribution in [0.2, 0.25) is 0 Å². The Morgan fingerprint density at radius 2 is 1.52 bits per heavy atom. The van der Waals surface area contributed by atoms with Crippen LogP contribution >= 0.6 is 0 Å². The maximum absolute atomic E-state index is 9.92. The van der Waals surface area contributed by atoms with E-state index in [1.165, 1.54) is 77.0 Å². The molecule has 0 radical (unpaired) electrons. The average Bonchev–Trinajstić information content (AvgIpc) is 3.12. The van der Waals surface area contributed by atoms with Gasteiger partial charge in [-0.1, -0.05) is 89.7 Å². The van der Waals surface area contributed by atoms with E-state index in [0.717, 1.165) is 19.5 Å². The Hall–Kier alpha value is -0.830. The van der Waals surface area contributed by atoms with Crippen molar-refractivity contribution >= 4 is 6.34 Å². The number of nitrogens with zero attached hydrogens (tertiary/aromatic N) is 2. The number of rotatable bonds is 16. The summed E-state index contributed by atoms with van der Waals surface area (Å²) < 4.78 is 0. The van der Waals surface area contributed by atoms with Crippen LogP contribution in [-0.2, 0) is 0 Å². The predicted molar refractivity (Wildman–Crippen MR) is 110 cm³/mol. The summed E-state index contributed by atoms with van der Waals surface area (Å²) >= 11 is 0. The van der Waals surface area contributed by atoms with E-state index < -0.39 is 0 Å². The Bertz CT molecular complexity index is 352. The molecule has 1 N–H and O–H groups in total. The van der Waals surface area contributed by atoms with Crippen molar-refractivity contribution in [2.24, 2.45) is 4.99 Å². The summed E-state index contributed by atoms with van der Waals surface area (Å²) in [5.41, 5.74) is 0. The molecular weight excluding hydrogens is 308 g/mol. The molecule has 2 unspecified atom stereocenters. The minimum atomic E-state index is -0.345. The predicted octanol–water partition coefficient (Wildman–Crippen LogP) is 5.73. The van der Waals surface area contributed by atoms with Crippen molar-refractivity contribution in [1.82, 2.24) is 4.90 Å². The Labute approximate surface area is 156 Å². The van der Waals surface area contributed by atoms with E-state index in [4.69, 9.17) is 0 Å². The lowest BCUT2D eigenvalue weighted by Gasteiger charge is -2.26. The molecule has 3 nitrogen and oxygen atoms in total. The Morgan fingerprint density at radius 3 is 2.00 bits per heavy atom. The lowest BCUT2D eigenvalue weighted by Crippen LogP contribution is -2.39. The first-order chi connectivity index (χ1) is 12.3. The van der Waals surface area contributed by atoms with Crippen molar-refractivity contribution < 1.29 is 5.11 Å². The highest BCUT2D eigenvalue weighted by Gasteiger charge is 2.19. The van der Waals surface area contributed by atoms with Gasteiger partial charge >= 0.3 is 0 Å². The molecule has 2 atom stereocenters. The number of aliphatic hydroxyl groups excluding tert-OH is 1. The smallest absolute Gasteiger partial charge is 0.0857 e. The highest BCUT2D eigenvalue weighted by molar-refractivity contribution is 5.58. The molecule has 25 heavy (non-hydrogen) atoms. The van der Waals surface area contributed by atoms with Crippen molar-refractivity contribution in [3.05, 3.63) is 12.2 Å². The Morgan fingerprint density at radius 1 is 0.960 bits per heavy atom. The fourth-order valence-corrected chi connectivity index (χ4v) is 3.51. The van der Waals surface area contributed by atoms with Crippen LogP contribution in [0.25, 0.3) is 0 Å². The second-order valence-electron chi connectivity index (χ2n) is 7.60. The molecule has 0 bridgehead atoms. The molecule has 0 aliphatic carbocycles. The van der Waals surface area contributed by atoms with Crippen molar-refractivity contribution in [3.8, 4) is 0 Å². The van der Waals surface area contributed by atoms with E-state index in [1.807, 2.05) is 13.3 Å². The summed E-state index contributed by atoms with van der Waals surface area (Å²) in [5, 5.41) is 9.92. The van der Waals surface area contributed by atoms with Gasteiger partial charge in [0.15, 0.2) is 0 Å². The SMILES string of the molecule is CCCCCCCCCCCCCC/C=C/C(C(C)O)N1C=NCC1. The van der Waals surface area contributed by atoms with Gasteiger partial charge in [0.25, 0.3) is 0 Å². The maximum atomic E-state index is 9.92. The third-order valence-electron chi connectivity index (χ3n) is 5.15. The first kappa shape index (κ1) is 22.2. The minimum absolute atomic E-state index is 0.0866. The van der Waals surface area contributed by atoms with Crippen LogP contribution in [0, 0.1) is 0 Å². The van der Waals surface area contributed by atoms with Crippen LogP contribution in [0.15, 0.2) is 17.1 Å². The van der Waals surface area contributed by atoms with E-state index in [-0.39, 0.29) is 12.1 Å². The summed E-state index contributed by atoms with van der Waals surface area (Å²) in [6.07, 6.45) is 23.8. The van der Waals surface area contributed by atoms with Gasteiger partial charge in [-0.25, -0.2) is 0 Å². The summed E-state index contributed by atoms with van der Waals surface area (Å²) in [6.45, 7) is 5.93. The second-order valence-corrected chi connectivity index (χ2v) is 7.60. The molecule has 1 heterocycles. The third kappa shape index (κ3) is 11.4. The lowest BCUT2D eigenvalue weighted by molar-refractivity contribution is 0.130. The first-order valence-corrected chi connectivity index (χ1v) is 10.9. The highest BCUT2D eigenvalue weighted by atomic mass is 16.3. The standard InChI is InChI=1S/C22H42N2O/c1-3-4-5-6-7-8-9-10-11-12-13-14-15-16-17-22(21(2)25)24-19-18-23-20-24/h16-17,20-22,25H,3-15,18-19H2,1-2H3/b17-16+. The highest BCUT2D eigenvalue weighted by Crippen LogP contribution is 2.13. The molecule has 1 aliphatic heterocycles. The molecule has 0 saturated carbocycles. The summed E-state index contributed by atoms with van der Waals surface area (Å²) in [6, 6.07) is 0.0866. The summed E-state index contributed by atoms with van der Waals surface area (Å²) in [7, 11) is 0. The molecule has 0 spiro atoms. The van der Waals surface area contributed by atoms with Crippen molar-refractivity contribution in [1.29, 1.82) is 0 Å². The maximum Gasteiger partial charge on any atom is 0.0857 e. The molecule has 3 heteroatoms. The largest absolute Gasteiger partial charge is 0.391 e. The van der Waals surface area contributed by atoms with E-state index in [2.05, 4.69) is 29.0 Å². The molecule has 146 valence electrons. The Kier molecular flexibility index (Phi) is 13.7. The number of unbranched alkanes of at least 4 members (excludes halogenated alkanes) is 12. The molecular formula is C22H42N2O. The van der Waals surface area contributed by atoms with Gasteiger partial charge in [0.05, 0.1) is 25.0 Å². The zero-order valence-electron chi connectivity index (χ0n) is 16.8. The molecule has 0 fully saturated rings. The van der Waals surface area contributed by atoms with Crippen molar-refractivity contribution in [3.63, 3.8) is 0 Å². The fourth-order valence-electron chi connectivity index (χ4n) is 3.51. The molecule has 0 aromatic heterocycles. The van der Waals surface area contributed by atoms with Crippen LogP contribution < -0.4 is 0 Å². The summed E-state index contributed by atoms with van der Waals surface area (Å²) in [5.74, 6) is 0. The van der Waals surface area contributed by atoms with Gasteiger partial charge in [0.1, 0.15) is 0 Å². The molecule has 0 amide bonds. The number of hydrogen-bond acceptors (Lipinski definition) is 3.